The zero-order valence-electron chi connectivity index (χ0n) is 16.1. The molecule has 0 spiro atoms. The third-order valence-electron chi connectivity index (χ3n) is 3.79. The number of primary amides is 1. The molecule has 0 bridgehead atoms. The SMILES string of the molecule is CC(C)(C)c1ccc(OCCCOc2cccc(/C=N/NC(N)=O)c2)cc1. The molecule has 3 N–H and O–H groups in total. The number of ether oxygens (including phenoxy) is 2. The lowest BCUT2D eigenvalue weighted by Crippen LogP contribution is -2.24. The number of nitrogens with zero attached hydrogens (tertiary/aromatic N) is 1. The molecule has 0 saturated heterocycles. The first-order valence-corrected chi connectivity index (χ1v) is 8.89. The number of hydrogen-bond donors (Lipinski definition) is 2. The summed E-state index contributed by atoms with van der Waals surface area (Å²) in [6, 6.07) is 14.9. The molecule has 2 aromatic carbocycles. The van der Waals surface area contributed by atoms with Crippen molar-refractivity contribution in [3.63, 3.8) is 0 Å². The molecule has 0 aliphatic rings. The molecular formula is C21H27N3O3. The molecule has 27 heavy (non-hydrogen) atoms. The van der Waals surface area contributed by atoms with Crippen LogP contribution in [0.5, 0.6) is 11.5 Å². The van der Waals surface area contributed by atoms with Gasteiger partial charge in [0, 0.05) is 6.42 Å². The van der Waals surface area contributed by atoms with Crippen molar-refractivity contribution < 1.29 is 14.3 Å². The number of carbonyl (C=O) groups excluding carboxylic acids is 1. The van der Waals surface area contributed by atoms with Gasteiger partial charge in [-0.3, -0.25) is 0 Å². The molecule has 0 unspecified atom stereocenters. The van der Waals surface area contributed by atoms with E-state index in [0.717, 1.165) is 23.5 Å². The van der Waals surface area contributed by atoms with Gasteiger partial charge in [-0.15, -0.1) is 0 Å². The van der Waals surface area contributed by atoms with Crippen LogP contribution in [0.1, 0.15) is 38.3 Å². The number of hydrazone groups is 1. The van der Waals surface area contributed by atoms with Gasteiger partial charge in [0.1, 0.15) is 11.5 Å². The van der Waals surface area contributed by atoms with Gasteiger partial charge < -0.3 is 15.2 Å². The van der Waals surface area contributed by atoms with Crippen LogP contribution in [-0.2, 0) is 5.41 Å². The Morgan fingerprint density at radius 3 is 2.37 bits per heavy atom. The summed E-state index contributed by atoms with van der Waals surface area (Å²) in [7, 11) is 0. The second-order valence-electron chi connectivity index (χ2n) is 7.13. The van der Waals surface area contributed by atoms with Crippen LogP contribution in [0.15, 0.2) is 53.6 Å². The Morgan fingerprint density at radius 1 is 1.07 bits per heavy atom. The smallest absolute Gasteiger partial charge is 0.332 e. The van der Waals surface area contributed by atoms with Crippen LogP contribution in [0, 0.1) is 0 Å². The molecule has 0 fully saturated rings. The number of nitrogens with two attached hydrogens (primary N) is 1. The summed E-state index contributed by atoms with van der Waals surface area (Å²) in [5, 5.41) is 3.72. The summed E-state index contributed by atoms with van der Waals surface area (Å²) in [6.07, 6.45) is 2.27. The molecule has 2 rings (SSSR count). The first-order valence-electron chi connectivity index (χ1n) is 8.89. The average Bonchev–Trinajstić information content (AvgIpc) is 2.61. The van der Waals surface area contributed by atoms with Gasteiger partial charge in [-0.1, -0.05) is 45.0 Å². The minimum atomic E-state index is -0.702. The zero-order chi connectivity index (χ0) is 19.7. The molecule has 0 aromatic heterocycles. The van der Waals surface area contributed by atoms with Crippen molar-refractivity contribution in [2.75, 3.05) is 13.2 Å². The standard InChI is InChI=1S/C21H27N3O3/c1-21(2,3)17-8-10-18(11-9-17)26-12-5-13-27-19-7-4-6-16(14-19)15-23-24-20(22)25/h4,6-11,14-15H,5,12-13H2,1-3H3,(H3,22,24,25)/b23-15+. The second-order valence-corrected chi connectivity index (χ2v) is 7.13. The van der Waals surface area contributed by atoms with E-state index in [1.807, 2.05) is 36.4 Å². The molecule has 2 aromatic rings. The van der Waals surface area contributed by atoms with E-state index in [9.17, 15) is 4.79 Å². The van der Waals surface area contributed by atoms with Crippen molar-refractivity contribution in [3.8, 4) is 11.5 Å². The lowest BCUT2D eigenvalue weighted by molar-refractivity contribution is 0.247. The summed E-state index contributed by atoms with van der Waals surface area (Å²) in [5.41, 5.74) is 9.33. The van der Waals surface area contributed by atoms with Crippen molar-refractivity contribution in [3.05, 3.63) is 59.7 Å². The van der Waals surface area contributed by atoms with Crippen LogP contribution in [-0.4, -0.2) is 25.5 Å². The normalized spacial score (nSPS) is 11.4. The Kier molecular flexibility index (Phi) is 7.23. The van der Waals surface area contributed by atoms with E-state index in [1.165, 1.54) is 11.8 Å². The van der Waals surface area contributed by atoms with Gasteiger partial charge in [-0.25, -0.2) is 10.2 Å². The lowest BCUT2D eigenvalue weighted by Gasteiger charge is -2.19. The lowest BCUT2D eigenvalue weighted by atomic mass is 9.87. The highest BCUT2D eigenvalue weighted by Crippen LogP contribution is 2.24. The van der Waals surface area contributed by atoms with Gasteiger partial charge in [0.2, 0.25) is 0 Å². The first-order chi connectivity index (χ1) is 12.8. The molecule has 0 atom stereocenters. The fourth-order valence-corrected chi connectivity index (χ4v) is 2.35. The number of benzene rings is 2. The van der Waals surface area contributed by atoms with Crippen LogP contribution >= 0.6 is 0 Å². The highest BCUT2D eigenvalue weighted by Gasteiger charge is 2.12. The van der Waals surface area contributed by atoms with Gasteiger partial charge in [0.25, 0.3) is 0 Å². The fourth-order valence-electron chi connectivity index (χ4n) is 2.35. The molecule has 144 valence electrons. The minimum Gasteiger partial charge on any atom is -0.493 e. The van der Waals surface area contributed by atoms with E-state index in [4.69, 9.17) is 15.2 Å². The third kappa shape index (κ3) is 7.40. The summed E-state index contributed by atoms with van der Waals surface area (Å²) < 4.78 is 11.5. The van der Waals surface area contributed by atoms with E-state index in [-0.39, 0.29) is 5.41 Å². The van der Waals surface area contributed by atoms with E-state index in [0.29, 0.717) is 13.2 Å². The zero-order valence-corrected chi connectivity index (χ0v) is 16.1. The molecule has 0 aliphatic heterocycles. The maximum Gasteiger partial charge on any atom is 0.332 e. The van der Waals surface area contributed by atoms with Crippen LogP contribution in [0.25, 0.3) is 0 Å². The van der Waals surface area contributed by atoms with E-state index < -0.39 is 6.03 Å². The topological polar surface area (TPSA) is 85.9 Å². The van der Waals surface area contributed by atoms with Crippen LogP contribution < -0.4 is 20.6 Å². The van der Waals surface area contributed by atoms with Crippen LogP contribution in [0.3, 0.4) is 0 Å². The molecule has 0 radical (unpaired) electrons. The van der Waals surface area contributed by atoms with Crippen molar-refractivity contribution in [2.24, 2.45) is 10.8 Å². The Balaban J connectivity index is 1.72. The molecule has 0 aliphatic carbocycles. The predicted octanol–water partition coefficient (Wildman–Crippen LogP) is 3.83. The maximum atomic E-state index is 10.6. The van der Waals surface area contributed by atoms with Crippen LogP contribution in [0.4, 0.5) is 4.79 Å². The van der Waals surface area contributed by atoms with E-state index in [2.05, 4.69) is 43.4 Å². The van der Waals surface area contributed by atoms with Crippen molar-refractivity contribution in [2.45, 2.75) is 32.6 Å². The van der Waals surface area contributed by atoms with Crippen molar-refractivity contribution in [1.82, 2.24) is 5.43 Å². The minimum absolute atomic E-state index is 0.140. The summed E-state index contributed by atoms with van der Waals surface area (Å²) in [5.74, 6) is 1.59. The number of urea groups is 1. The number of amides is 2. The van der Waals surface area contributed by atoms with Crippen molar-refractivity contribution >= 4 is 12.2 Å². The molecule has 0 saturated carbocycles. The second kappa shape index (κ2) is 9.62. The fraction of sp³-hybridized carbons (Fsp3) is 0.333. The van der Waals surface area contributed by atoms with Crippen LogP contribution in [0.2, 0.25) is 0 Å². The van der Waals surface area contributed by atoms with Gasteiger partial charge in [-0.2, -0.15) is 5.10 Å². The molecule has 6 nitrogen and oxygen atoms in total. The first kappa shape index (κ1) is 20.3. The molecule has 0 heterocycles. The Hall–Kier alpha value is -3.02. The quantitative estimate of drug-likeness (QED) is 0.421. The highest BCUT2D eigenvalue weighted by molar-refractivity contribution is 5.81. The number of nitrogens with one attached hydrogen (secondary N) is 1. The monoisotopic (exact) mass is 369 g/mol. The Bertz CT molecular complexity index is 765. The average molecular weight is 369 g/mol. The number of hydrogen-bond acceptors (Lipinski definition) is 4. The van der Waals surface area contributed by atoms with Gasteiger partial charge >= 0.3 is 6.03 Å². The molecule has 6 heteroatoms. The predicted molar refractivity (Wildman–Crippen MR) is 108 cm³/mol. The molecule has 2 amide bonds. The maximum absolute atomic E-state index is 10.6. The van der Waals surface area contributed by atoms with Crippen molar-refractivity contribution in [1.29, 1.82) is 0 Å². The van der Waals surface area contributed by atoms with Gasteiger partial charge in [0.05, 0.1) is 19.4 Å². The Morgan fingerprint density at radius 2 is 1.74 bits per heavy atom. The summed E-state index contributed by atoms with van der Waals surface area (Å²) >= 11 is 0. The molecular weight excluding hydrogens is 342 g/mol. The Labute approximate surface area is 160 Å². The largest absolute Gasteiger partial charge is 0.493 e. The van der Waals surface area contributed by atoms with Gasteiger partial charge in [-0.05, 0) is 40.8 Å². The third-order valence-corrected chi connectivity index (χ3v) is 3.79. The summed E-state index contributed by atoms with van der Waals surface area (Å²) in [4.78, 5) is 10.6. The number of carbonyl (C=O) groups is 1. The summed E-state index contributed by atoms with van der Waals surface area (Å²) in [6.45, 7) is 7.69. The van der Waals surface area contributed by atoms with E-state index >= 15 is 0 Å². The highest BCUT2D eigenvalue weighted by atomic mass is 16.5. The van der Waals surface area contributed by atoms with E-state index in [1.54, 1.807) is 0 Å². The number of rotatable bonds is 8. The van der Waals surface area contributed by atoms with Gasteiger partial charge in [0.15, 0.2) is 0 Å².